The number of ether oxygens (including phenoxy) is 2. The normalized spacial score (nSPS) is 17.1. The number of hydrogen-bond donors (Lipinski definition) is 0. The Bertz CT molecular complexity index is 893. The van der Waals surface area contributed by atoms with Crippen molar-refractivity contribution in [1.29, 1.82) is 0 Å². The predicted octanol–water partition coefficient (Wildman–Crippen LogP) is 3.81. The van der Waals surface area contributed by atoms with E-state index in [1.807, 2.05) is 0 Å². The smallest absolute Gasteiger partial charge is 0.416 e. The van der Waals surface area contributed by atoms with E-state index in [-0.39, 0.29) is 25.2 Å². The molecule has 0 amide bonds. The van der Waals surface area contributed by atoms with Crippen LogP contribution in [0.25, 0.3) is 0 Å². The maximum Gasteiger partial charge on any atom is 0.416 e. The van der Waals surface area contributed by atoms with Crippen LogP contribution in [0, 0.1) is 10.1 Å². The van der Waals surface area contributed by atoms with Crippen LogP contribution in [0.3, 0.4) is 0 Å². The third-order valence-electron chi connectivity index (χ3n) is 3.93. The zero-order valence-electron chi connectivity index (χ0n) is 13.8. The minimum Gasteiger partial charge on any atom is -0.443 e. The van der Waals surface area contributed by atoms with Crippen LogP contribution in [0.15, 0.2) is 24.4 Å². The third-order valence-corrected chi connectivity index (χ3v) is 3.93. The van der Waals surface area contributed by atoms with Crippen molar-refractivity contribution in [2.45, 2.75) is 31.6 Å². The number of rotatable bonds is 4. The fourth-order valence-corrected chi connectivity index (χ4v) is 2.61. The van der Waals surface area contributed by atoms with Crippen molar-refractivity contribution in [3.63, 3.8) is 0 Å². The van der Waals surface area contributed by atoms with Crippen molar-refractivity contribution in [2.24, 2.45) is 0 Å². The van der Waals surface area contributed by atoms with Crippen LogP contribution in [0.1, 0.15) is 16.7 Å². The highest BCUT2D eigenvalue weighted by atomic mass is 19.4. The molecular formula is C15H11F6N3O4. The second kappa shape index (κ2) is 6.96. The zero-order chi connectivity index (χ0) is 20.7. The molecule has 1 aliphatic rings. The number of alkyl halides is 6. The Hall–Kier alpha value is -2.83. The Morgan fingerprint density at radius 1 is 1.25 bits per heavy atom. The van der Waals surface area contributed by atoms with Gasteiger partial charge in [-0.3, -0.25) is 4.57 Å². The van der Waals surface area contributed by atoms with Gasteiger partial charge in [0.15, 0.2) is 0 Å². The van der Waals surface area contributed by atoms with Gasteiger partial charge < -0.3 is 19.6 Å². The molecular weight excluding hydrogens is 400 g/mol. The highest BCUT2D eigenvalue weighted by Gasteiger charge is 2.38. The van der Waals surface area contributed by atoms with Gasteiger partial charge in [0.25, 0.3) is 0 Å². The molecule has 7 nitrogen and oxygen atoms in total. The molecule has 0 unspecified atom stereocenters. The minimum absolute atomic E-state index is 0.0260. The molecule has 0 fully saturated rings. The monoisotopic (exact) mass is 411 g/mol. The number of imidazole rings is 1. The lowest BCUT2D eigenvalue weighted by Gasteiger charge is -2.23. The molecule has 152 valence electrons. The van der Waals surface area contributed by atoms with Gasteiger partial charge in [0.2, 0.25) is 0 Å². The average Bonchev–Trinajstić information content (AvgIpc) is 3.01. The number of aromatic nitrogens is 2. The maximum atomic E-state index is 13.1. The van der Waals surface area contributed by atoms with Gasteiger partial charge in [-0.25, -0.2) is 0 Å². The first kappa shape index (κ1) is 19.9. The number of fused-ring (bicyclic) bond motifs is 1. The van der Waals surface area contributed by atoms with Gasteiger partial charge in [0.05, 0.1) is 24.3 Å². The molecule has 0 N–H and O–H groups in total. The lowest BCUT2D eigenvalue weighted by atomic mass is 10.0. The first-order valence-electron chi connectivity index (χ1n) is 7.68. The van der Waals surface area contributed by atoms with Gasteiger partial charge in [0, 0.05) is 4.98 Å². The topological polar surface area (TPSA) is 79.4 Å². The molecule has 0 saturated heterocycles. The average molecular weight is 411 g/mol. The van der Waals surface area contributed by atoms with Crippen molar-refractivity contribution in [3.8, 4) is 6.01 Å². The second-order valence-corrected chi connectivity index (χ2v) is 5.90. The summed E-state index contributed by atoms with van der Waals surface area (Å²) in [6, 6.07) is 1.26. The van der Waals surface area contributed by atoms with Gasteiger partial charge in [-0.1, -0.05) is 6.07 Å². The quantitative estimate of drug-likeness (QED) is 0.434. The van der Waals surface area contributed by atoms with Gasteiger partial charge in [0.1, 0.15) is 18.9 Å². The fraction of sp³-hybridized carbons (Fsp3) is 0.400. The molecule has 0 bridgehead atoms. The minimum atomic E-state index is -5.00. The Kier molecular flexibility index (Phi) is 4.95. The van der Waals surface area contributed by atoms with Crippen molar-refractivity contribution in [1.82, 2.24) is 9.55 Å². The molecule has 1 atom stereocenters. The lowest BCUT2D eigenvalue weighted by molar-refractivity contribution is -0.389. The van der Waals surface area contributed by atoms with Gasteiger partial charge in [-0.2, -0.15) is 26.3 Å². The summed E-state index contributed by atoms with van der Waals surface area (Å²) in [5.74, 6) is -0.460. The summed E-state index contributed by atoms with van der Waals surface area (Å²) in [6.07, 6.45) is -9.60. The highest BCUT2D eigenvalue weighted by Crippen LogP contribution is 2.37. The van der Waals surface area contributed by atoms with Gasteiger partial charge in [-0.15, -0.1) is 0 Å². The van der Waals surface area contributed by atoms with Crippen LogP contribution in [-0.4, -0.2) is 27.2 Å². The highest BCUT2D eigenvalue weighted by molar-refractivity contribution is 5.35. The van der Waals surface area contributed by atoms with Crippen LogP contribution in [0.4, 0.5) is 32.2 Å². The molecule has 2 heterocycles. The second-order valence-electron chi connectivity index (χ2n) is 5.90. The lowest BCUT2D eigenvalue weighted by Crippen LogP contribution is -2.32. The van der Waals surface area contributed by atoms with E-state index in [4.69, 9.17) is 9.47 Å². The molecule has 0 spiro atoms. The van der Waals surface area contributed by atoms with E-state index < -0.39 is 52.5 Å². The summed E-state index contributed by atoms with van der Waals surface area (Å²) in [5.41, 5.74) is -3.33. The standard InChI is InChI=1S/C15H11F6N3O4/c16-14(17,18)9-2-1-8(11(3-9)15(19,20)21)6-27-10-4-23-5-12(24(25)26)22-13(23)28-7-10/h1-3,5,10H,4,6-7H2/t10-/m1/s1. The van der Waals surface area contributed by atoms with Crippen LogP contribution in [-0.2, 0) is 30.2 Å². The van der Waals surface area contributed by atoms with Crippen molar-refractivity contribution < 1.29 is 40.7 Å². The summed E-state index contributed by atoms with van der Waals surface area (Å²) >= 11 is 0. The Morgan fingerprint density at radius 3 is 2.57 bits per heavy atom. The number of benzene rings is 1. The molecule has 3 rings (SSSR count). The largest absolute Gasteiger partial charge is 0.443 e. The van der Waals surface area contributed by atoms with E-state index in [9.17, 15) is 36.5 Å². The molecule has 28 heavy (non-hydrogen) atoms. The van der Waals surface area contributed by atoms with Crippen molar-refractivity contribution >= 4 is 5.82 Å². The van der Waals surface area contributed by atoms with E-state index in [0.29, 0.717) is 12.1 Å². The Balaban J connectivity index is 1.74. The van der Waals surface area contributed by atoms with Crippen LogP contribution < -0.4 is 4.74 Å². The summed E-state index contributed by atoms with van der Waals surface area (Å²) < 4.78 is 89.2. The van der Waals surface area contributed by atoms with Gasteiger partial charge in [-0.05, 0) is 22.6 Å². The van der Waals surface area contributed by atoms with E-state index in [1.54, 1.807) is 0 Å². The van der Waals surface area contributed by atoms with Crippen LogP contribution in [0.2, 0.25) is 0 Å². The Morgan fingerprint density at radius 2 is 1.96 bits per heavy atom. The summed E-state index contributed by atoms with van der Waals surface area (Å²) in [7, 11) is 0. The zero-order valence-corrected chi connectivity index (χ0v) is 13.8. The van der Waals surface area contributed by atoms with Crippen molar-refractivity contribution in [3.05, 3.63) is 51.2 Å². The number of nitrogens with zero attached hydrogens (tertiary/aromatic N) is 3. The van der Waals surface area contributed by atoms with E-state index in [2.05, 4.69) is 4.98 Å². The summed E-state index contributed by atoms with van der Waals surface area (Å²) in [6.45, 7) is -0.721. The summed E-state index contributed by atoms with van der Waals surface area (Å²) in [5, 5.41) is 10.7. The van der Waals surface area contributed by atoms with Gasteiger partial charge >= 0.3 is 24.2 Å². The molecule has 0 saturated carbocycles. The number of halogens is 6. The molecule has 1 aromatic carbocycles. The Labute approximate surface area is 152 Å². The van der Waals surface area contributed by atoms with E-state index in [0.717, 1.165) is 6.20 Å². The fourth-order valence-electron chi connectivity index (χ4n) is 2.61. The molecule has 2 aromatic rings. The first-order chi connectivity index (χ1) is 12.9. The maximum absolute atomic E-state index is 13.1. The molecule has 0 aliphatic carbocycles. The van der Waals surface area contributed by atoms with E-state index >= 15 is 0 Å². The molecule has 1 aliphatic heterocycles. The SMILES string of the molecule is O=[N+]([O-])c1cn2c(n1)OC[C@H](OCc1ccc(C(F)(F)F)cc1C(F)(F)F)C2. The van der Waals surface area contributed by atoms with Crippen LogP contribution >= 0.6 is 0 Å². The van der Waals surface area contributed by atoms with Crippen LogP contribution in [0.5, 0.6) is 6.01 Å². The third kappa shape index (κ3) is 4.18. The number of hydrogen-bond acceptors (Lipinski definition) is 5. The first-order valence-corrected chi connectivity index (χ1v) is 7.68. The van der Waals surface area contributed by atoms with Crippen molar-refractivity contribution in [2.75, 3.05) is 6.61 Å². The molecule has 13 heteroatoms. The predicted molar refractivity (Wildman–Crippen MR) is 79.4 cm³/mol. The number of nitro groups is 1. The molecule has 1 aromatic heterocycles. The molecule has 0 radical (unpaired) electrons. The summed E-state index contributed by atoms with van der Waals surface area (Å²) in [4.78, 5) is 13.6. The van der Waals surface area contributed by atoms with E-state index in [1.165, 1.54) is 4.57 Å².